The maximum atomic E-state index is 13.2. The SMILES string of the molecule is CN(C)C(=O)C(=O)N[C@H]1CCCN(C(=O)C2(O)CCC2)[C@H]1COC1CCN(c2ncc(F)cn2)CC1. The number of aliphatic hydroxyl groups is 1. The number of nitrogens with one attached hydrogen (secondary N) is 1. The zero-order valence-electron chi connectivity index (χ0n) is 20.9. The largest absolute Gasteiger partial charge is 0.380 e. The van der Waals surface area contributed by atoms with Gasteiger partial charge in [0.15, 0.2) is 5.82 Å². The molecule has 11 nitrogen and oxygen atoms in total. The van der Waals surface area contributed by atoms with Crippen LogP contribution in [0.1, 0.15) is 44.9 Å². The molecule has 0 spiro atoms. The Morgan fingerprint density at radius 3 is 2.39 bits per heavy atom. The second-order valence-corrected chi connectivity index (χ2v) is 10.1. The van der Waals surface area contributed by atoms with Gasteiger partial charge in [-0.1, -0.05) is 0 Å². The molecule has 12 heteroatoms. The summed E-state index contributed by atoms with van der Waals surface area (Å²) < 4.78 is 19.4. The normalized spacial score (nSPS) is 24.1. The van der Waals surface area contributed by atoms with Gasteiger partial charge in [0.05, 0.1) is 37.2 Å². The molecule has 3 fully saturated rings. The highest BCUT2D eigenvalue weighted by Gasteiger charge is 2.48. The molecule has 2 aliphatic heterocycles. The Balaban J connectivity index is 1.40. The number of aromatic nitrogens is 2. The molecule has 2 N–H and O–H groups in total. The molecule has 0 bridgehead atoms. The molecule has 3 aliphatic rings. The average molecular weight is 507 g/mol. The Hall–Kier alpha value is -2.86. The van der Waals surface area contributed by atoms with E-state index >= 15 is 0 Å². The standard InChI is InChI=1S/C24H35FN6O5/c1-29(2)21(33)20(32)28-18-5-3-10-31(22(34)24(35)8-4-9-24)19(18)15-36-17-6-11-30(12-7-17)23-26-13-16(25)14-27-23/h13-14,17-19,35H,3-12,15H2,1-2H3,(H,28,32)/t18-,19-/m0/s1. The summed E-state index contributed by atoms with van der Waals surface area (Å²) in [5.41, 5.74) is -1.36. The number of likely N-dealkylation sites (N-methyl/N-ethyl adjacent to an activating group) is 1. The van der Waals surface area contributed by atoms with E-state index in [9.17, 15) is 23.9 Å². The van der Waals surface area contributed by atoms with Crippen molar-refractivity contribution in [3.8, 4) is 0 Å². The predicted octanol–water partition coefficient (Wildman–Crippen LogP) is 0.0801. The van der Waals surface area contributed by atoms with Gasteiger partial charge in [0.25, 0.3) is 5.91 Å². The molecule has 2 atom stereocenters. The Bertz CT molecular complexity index is 949. The summed E-state index contributed by atoms with van der Waals surface area (Å²) in [4.78, 5) is 50.8. The molecule has 0 unspecified atom stereocenters. The maximum Gasteiger partial charge on any atom is 0.311 e. The van der Waals surface area contributed by atoms with Crippen molar-refractivity contribution in [3.63, 3.8) is 0 Å². The number of rotatable bonds is 6. The molecule has 1 aromatic rings. The lowest BCUT2D eigenvalue weighted by Crippen LogP contribution is -2.65. The number of carbonyl (C=O) groups excluding carboxylic acids is 3. The van der Waals surface area contributed by atoms with Crippen LogP contribution in [0.3, 0.4) is 0 Å². The minimum atomic E-state index is -1.36. The van der Waals surface area contributed by atoms with Gasteiger partial charge < -0.3 is 29.9 Å². The van der Waals surface area contributed by atoms with Crippen molar-refractivity contribution in [3.05, 3.63) is 18.2 Å². The quantitative estimate of drug-likeness (QED) is 0.520. The van der Waals surface area contributed by atoms with Crippen molar-refractivity contribution < 1.29 is 28.6 Å². The summed E-state index contributed by atoms with van der Waals surface area (Å²) in [6.07, 6.45) is 6.50. The lowest BCUT2D eigenvalue weighted by Gasteiger charge is -2.47. The van der Waals surface area contributed by atoms with Crippen LogP contribution < -0.4 is 10.2 Å². The lowest BCUT2D eigenvalue weighted by molar-refractivity contribution is -0.168. The van der Waals surface area contributed by atoms with Crippen LogP contribution in [0.25, 0.3) is 0 Å². The Morgan fingerprint density at radius 1 is 1.14 bits per heavy atom. The van der Waals surface area contributed by atoms with Crippen LogP contribution in [0.4, 0.5) is 10.3 Å². The summed E-state index contributed by atoms with van der Waals surface area (Å²) >= 11 is 0. The van der Waals surface area contributed by atoms with E-state index in [0.717, 1.165) is 18.8 Å². The number of hydrogen-bond donors (Lipinski definition) is 2. The van der Waals surface area contributed by atoms with Crippen LogP contribution >= 0.6 is 0 Å². The average Bonchev–Trinajstić information content (AvgIpc) is 2.86. The first-order chi connectivity index (χ1) is 17.2. The molecule has 0 radical (unpaired) electrons. The van der Waals surface area contributed by atoms with Gasteiger partial charge in [0.1, 0.15) is 5.60 Å². The highest BCUT2D eigenvalue weighted by molar-refractivity contribution is 6.34. The molecular formula is C24H35FN6O5. The third kappa shape index (κ3) is 5.75. The number of piperidine rings is 2. The van der Waals surface area contributed by atoms with E-state index in [0.29, 0.717) is 64.1 Å². The summed E-state index contributed by atoms with van der Waals surface area (Å²) in [5, 5.41) is 13.5. The smallest absolute Gasteiger partial charge is 0.311 e. The number of amides is 3. The van der Waals surface area contributed by atoms with Gasteiger partial charge in [-0.3, -0.25) is 14.4 Å². The van der Waals surface area contributed by atoms with Gasteiger partial charge in [0, 0.05) is 33.7 Å². The van der Waals surface area contributed by atoms with E-state index in [2.05, 4.69) is 15.3 Å². The van der Waals surface area contributed by atoms with Crippen molar-refractivity contribution in [2.24, 2.45) is 0 Å². The first-order valence-electron chi connectivity index (χ1n) is 12.6. The van der Waals surface area contributed by atoms with E-state index in [1.54, 1.807) is 4.90 Å². The summed E-state index contributed by atoms with van der Waals surface area (Å²) in [6, 6.07) is -0.955. The van der Waals surface area contributed by atoms with Crippen molar-refractivity contribution >= 4 is 23.7 Å². The minimum Gasteiger partial charge on any atom is -0.380 e. The van der Waals surface area contributed by atoms with E-state index in [4.69, 9.17) is 4.74 Å². The number of nitrogens with zero attached hydrogens (tertiary/aromatic N) is 5. The molecule has 36 heavy (non-hydrogen) atoms. The second kappa shape index (κ2) is 11.0. The lowest BCUT2D eigenvalue weighted by atomic mass is 9.78. The molecule has 1 aliphatic carbocycles. The van der Waals surface area contributed by atoms with E-state index in [1.807, 2.05) is 4.90 Å². The Labute approximate surface area is 210 Å². The fourth-order valence-corrected chi connectivity index (χ4v) is 5.04. The molecular weight excluding hydrogens is 471 g/mol. The Kier molecular flexibility index (Phi) is 8.04. The van der Waals surface area contributed by atoms with Gasteiger partial charge in [-0.15, -0.1) is 0 Å². The number of likely N-dealkylation sites (tertiary alicyclic amines) is 1. The molecule has 3 amide bonds. The van der Waals surface area contributed by atoms with Crippen molar-refractivity contribution in [1.29, 1.82) is 0 Å². The summed E-state index contributed by atoms with van der Waals surface area (Å²) in [7, 11) is 3.02. The minimum absolute atomic E-state index is 0.0767. The van der Waals surface area contributed by atoms with Crippen LogP contribution in [0.5, 0.6) is 0 Å². The van der Waals surface area contributed by atoms with Gasteiger partial charge in [-0.05, 0) is 44.9 Å². The van der Waals surface area contributed by atoms with Crippen LogP contribution in [0, 0.1) is 5.82 Å². The first kappa shape index (κ1) is 26.2. The van der Waals surface area contributed by atoms with Crippen molar-refractivity contribution in [2.75, 3.05) is 45.2 Å². The van der Waals surface area contributed by atoms with E-state index in [-0.39, 0.29) is 18.6 Å². The van der Waals surface area contributed by atoms with E-state index < -0.39 is 35.3 Å². The maximum absolute atomic E-state index is 13.2. The van der Waals surface area contributed by atoms with Crippen LogP contribution in [-0.2, 0) is 19.1 Å². The highest BCUT2D eigenvalue weighted by Crippen LogP contribution is 2.35. The van der Waals surface area contributed by atoms with Crippen molar-refractivity contribution in [2.45, 2.75) is 68.7 Å². The van der Waals surface area contributed by atoms with Crippen LogP contribution in [0.15, 0.2) is 12.4 Å². The second-order valence-electron chi connectivity index (χ2n) is 10.1. The number of halogens is 1. The molecule has 0 aromatic carbocycles. The topological polar surface area (TPSA) is 128 Å². The van der Waals surface area contributed by atoms with Gasteiger partial charge >= 0.3 is 11.8 Å². The molecule has 3 heterocycles. The first-order valence-corrected chi connectivity index (χ1v) is 12.6. The molecule has 198 valence electrons. The third-order valence-corrected chi connectivity index (χ3v) is 7.37. The third-order valence-electron chi connectivity index (χ3n) is 7.37. The van der Waals surface area contributed by atoms with E-state index in [1.165, 1.54) is 19.0 Å². The van der Waals surface area contributed by atoms with Gasteiger partial charge in [-0.2, -0.15) is 0 Å². The zero-order chi connectivity index (χ0) is 25.9. The number of ether oxygens (including phenoxy) is 1. The monoisotopic (exact) mass is 506 g/mol. The highest BCUT2D eigenvalue weighted by atomic mass is 19.1. The Morgan fingerprint density at radius 2 is 1.81 bits per heavy atom. The van der Waals surface area contributed by atoms with Crippen molar-refractivity contribution in [1.82, 2.24) is 25.1 Å². The molecule has 1 saturated carbocycles. The number of anilines is 1. The zero-order valence-corrected chi connectivity index (χ0v) is 20.9. The number of hydrogen-bond acceptors (Lipinski definition) is 8. The number of carbonyl (C=O) groups is 3. The predicted molar refractivity (Wildman–Crippen MR) is 127 cm³/mol. The summed E-state index contributed by atoms with van der Waals surface area (Å²) in [6.45, 7) is 1.92. The van der Waals surface area contributed by atoms with Crippen LogP contribution in [-0.4, -0.2) is 107 Å². The van der Waals surface area contributed by atoms with Gasteiger partial charge in [-0.25, -0.2) is 14.4 Å². The fraction of sp³-hybridized carbons (Fsp3) is 0.708. The van der Waals surface area contributed by atoms with Crippen LogP contribution in [0.2, 0.25) is 0 Å². The molecule has 1 aromatic heterocycles. The molecule has 4 rings (SSSR count). The fourth-order valence-electron chi connectivity index (χ4n) is 5.04. The summed E-state index contributed by atoms with van der Waals surface area (Å²) in [5.74, 6) is -1.72. The molecule has 2 saturated heterocycles. The van der Waals surface area contributed by atoms with Gasteiger partial charge in [0.2, 0.25) is 5.95 Å².